The van der Waals surface area contributed by atoms with Crippen LogP contribution < -0.4 is 0 Å². The van der Waals surface area contributed by atoms with Crippen molar-refractivity contribution in [2.24, 2.45) is 0 Å². The van der Waals surface area contributed by atoms with Crippen LogP contribution in [0, 0.1) is 0 Å². The van der Waals surface area contributed by atoms with Crippen molar-refractivity contribution in [3.05, 3.63) is 152 Å². The van der Waals surface area contributed by atoms with Crippen LogP contribution >= 0.6 is 11.3 Å². The number of thiophene rings is 1. The standard InChI is InChI=1S/C40H25N3S/c1-3-12-26(13-4-1)40-41-34(25-35(42-40)32-19-11-18-31-30-17-8-10-21-38(30)44-39(31)32)27-22-23-37-33(24-27)29-16-7-9-20-36(29)43(37)28-14-5-2-6-15-28/h1-25H. The summed E-state index contributed by atoms with van der Waals surface area (Å²) in [7, 11) is 0. The number of fused-ring (bicyclic) bond motifs is 6. The van der Waals surface area contributed by atoms with E-state index in [2.05, 4.69) is 138 Å². The number of rotatable bonds is 4. The third-order valence-corrected chi connectivity index (χ3v) is 9.64. The van der Waals surface area contributed by atoms with Gasteiger partial charge in [0.2, 0.25) is 0 Å². The highest BCUT2D eigenvalue weighted by Crippen LogP contribution is 2.41. The molecular weight excluding hydrogens is 555 g/mol. The van der Waals surface area contributed by atoms with Gasteiger partial charge >= 0.3 is 0 Å². The molecule has 0 radical (unpaired) electrons. The first-order chi connectivity index (χ1) is 21.8. The SMILES string of the molecule is c1ccc(-c2nc(-c3ccc4c(c3)c3ccccc3n4-c3ccccc3)cc(-c3cccc4c3sc3ccccc34)n2)cc1. The molecule has 44 heavy (non-hydrogen) atoms. The number of hydrogen-bond acceptors (Lipinski definition) is 3. The highest BCUT2D eigenvalue weighted by Gasteiger charge is 2.17. The number of nitrogens with zero attached hydrogens (tertiary/aromatic N) is 3. The van der Waals surface area contributed by atoms with Crippen LogP contribution in [-0.4, -0.2) is 14.5 Å². The van der Waals surface area contributed by atoms with Crippen LogP contribution in [0.3, 0.4) is 0 Å². The van der Waals surface area contributed by atoms with Gasteiger partial charge in [0.1, 0.15) is 0 Å². The van der Waals surface area contributed by atoms with Crippen molar-refractivity contribution >= 4 is 53.3 Å². The van der Waals surface area contributed by atoms with Crippen molar-refractivity contribution in [2.75, 3.05) is 0 Å². The molecule has 3 nitrogen and oxygen atoms in total. The second-order valence-electron chi connectivity index (χ2n) is 11.0. The van der Waals surface area contributed by atoms with Crippen molar-refractivity contribution in [2.45, 2.75) is 0 Å². The van der Waals surface area contributed by atoms with E-state index in [1.807, 2.05) is 29.5 Å². The average Bonchev–Trinajstić information content (AvgIpc) is 3.64. The van der Waals surface area contributed by atoms with Gasteiger partial charge in [-0.05, 0) is 42.5 Å². The zero-order chi connectivity index (χ0) is 29.0. The van der Waals surface area contributed by atoms with E-state index in [4.69, 9.17) is 9.97 Å². The van der Waals surface area contributed by atoms with Crippen molar-refractivity contribution in [3.63, 3.8) is 0 Å². The Bertz CT molecular complexity index is 2490. The molecule has 0 saturated heterocycles. The van der Waals surface area contributed by atoms with Crippen molar-refractivity contribution in [1.29, 1.82) is 0 Å². The smallest absolute Gasteiger partial charge is 0.160 e. The van der Waals surface area contributed by atoms with Gasteiger partial charge < -0.3 is 4.57 Å². The topological polar surface area (TPSA) is 30.7 Å². The predicted octanol–water partition coefficient (Wildman–Crippen LogP) is 10.9. The minimum Gasteiger partial charge on any atom is -0.309 e. The lowest BCUT2D eigenvalue weighted by Gasteiger charge is -2.11. The van der Waals surface area contributed by atoms with Crippen LogP contribution in [0.15, 0.2) is 152 Å². The van der Waals surface area contributed by atoms with E-state index in [9.17, 15) is 0 Å². The maximum absolute atomic E-state index is 5.17. The molecule has 0 N–H and O–H groups in total. The summed E-state index contributed by atoms with van der Waals surface area (Å²) in [6.07, 6.45) is 0. The van der Waals surface area contributed by atoms with Crippen molar-refractivity contribution in [3.8, 4) is 39.6 Å². The van der Waals surface area contributed by atoms with Crippen molar-refractivity contribution in [1.82, 2.24) is 14.5 Å². The summed E-state index contributed by atoms with van der Waals surface area (Å²) >= 11 is 1.83. The fraction of sp³-hybridized carbons (Fsp3) is 0. The third kappa shape index (κ3) is 3.96. The van der Waals surface area contributed by atoms with Crippen molar-refractivity contribution < 1.29 is 0 Å². The van der Waals surface area contributed by atoms with Gasteiger partial charge in [-0.2, -0.15) is 0 Å². The maximum Gasteiger partial charge on any atom is 0.160 e. The van der Waals surface area contributed by atoms with E-state index < -0.39 is 0 Å². The lowest BCUT2D eigenvalue weighted by atomic mass is 10.0. The molecule has 0 unspecified atom stereocenters. The summed E-state index contributed by atoms with van der Waals surface area (Å²) in [5, 5.41) is 4.97. The van der Waals surface area contributed by atoms with Crippen LogP contribution in [0.2, 0.25) is 0 Å². The molecular formula is C40H25N3S. The lowest BCUT2D eigenvalue weighted by molar-refractivity contribution is 1.18. The molecule has 3 aromatic heterocycles. The predicted molar refractivity (Wildman–Crippen MR) is 186 cm³/mol. The minimum absolute atomic E-state index is 0.725. The molecule has 9 rings (SSSR count). The summed E-state index contributed by atoms with van der Waals surface area (Å²) < 4.78 is 4.88. The molecule has 3 heterocycles. The summed E-state index contributed by atoms with van der Waals surface area (Å²) in [5.74, 6) is 0.725. The lowest BCUT2D eigenvalue weighted by Crippen LogP contribution is -1.96. The van der Waals surface area contributed by atoms with Gasteiger partial charge in [-0.3, -0.25) is 0 Å². The fourth-order valence-corrected chi connectivity index (χ4v) is 7.61. The Hall–Kier alpha value is -5.58. The van der Waals surface area contributed by atoms with Gasteiger partial charge in [-0.1, -0.05) is 109 Å². The third-order valence-electron chi connectivity index (χ3n) is 8.42. The largest absolute Gasteiger partial charge is 0.309 e. The maximum atomic E-state index is 5.17. The Balaban J connectivity index is 1.29. The molecule has 0 amide bonds. The summed E-state index contributed by atoms with van der Waals surface area (Å²) in [5.41, 5.74) is 8.55. The molecule has 206 valence electrons. The molecule has 9 aromatic rings. The number of para-hydroxylation sites is 2. The number of hydrogen-bond donors (Lipinski definition) is 0. The minimum atomic E-state index is 0.725. The molecule has 0 atom stereocenters. The van der Waals surface area contributed by atoms with E-state index in [0.29, 0.717) is 0 Å². The van der Waals surface area contributed by atoms with Gasteiger partial charge in [-0.25, -0.2) is 9.97 Å². The first-order valence-corrected chi connectivity index (χ1v) is 15.6. The Morgan fingerprint density at radius 2 is 1.14 bits per heavy atom. The Labute approximate surface area is 258 Å². The monoisotopic (exact) mass is 579 g/mol. The van der Waals surface area contributed by atoms with E-state index >= 15 is 0 Å². The van der Waals surface area contributed by atoms with Crippen LogP contribution in [-0.2, 0) is 0 Å². The Kier molecular flexibility index (Phi) is 5.68. The molecule has 4 heteroatoms. The molecule has 0 saturated carbocycles. The van der Waals surface area contributed by atoms with Crippen LogP contribution in [0.25, 0.3) is 81.6 Å². The first kappa shape index (κ1) is 25.0. The quantitative estimate of drug-likeness (QED) is 0.208. The van der Waals surface area contributed by atoms with Gasteiger partial charge in [0, 0.05) is 53.3 Å². The van der Waals surface area contributed by atoms with Crippen LogP contribution in [0.5, 0.6) is 0 Å². The molecule has 0 fully saturated rings. The zero-order valence-electron chi connectivity index (χ0n) is 23.7. The van der Waals surface area contributed by atoms with E-state index in [1.54, 1.807) is 0 Å². The fourth-order valence-electron chi connectivity index (χ4n) is 6.39. The van der Waals surface area contributed by atoms with Crippen LogP contribution in [0.4, 0.5) is 0 Å². The average molecular weight is 580 g/mol. The van der Waals surface area contributed by atoms with Gasteiger partial charge in [-0.15, -0.1) is 11.3 Å². The molecule has 0 aliphatic rings. The van der Waals surface area contributed by atoms with Gasteiger partial charge in [0.05, 0.1) is 22.4 Å². The van der Waals surface area contributed by atoms with Gasteiger partial charge in [0.25, 0.3) is 0 Å². The van der Waals surface area contributed by atoms with E-state index in [0.717, 1.165) is 39.6 Å². The van der Waals surface area contributed by atoms with Gasteiger partial charge in [0.15, 0.2) is 5.82 Å². The normalized spacial score (nSPS) is 11.6. The summed E-state index contributed by atoms with van der Waals surface area (Å²) in [6, 6.07) is 53.5. The number of benzene rings is 6. The second kappa shape index (κ2) is 10.0. The summed E-state index contributed by atoms with van der Waals surface area (Å²) in [4.78, 5) is 10.3. The Morgan fingerprint density at radius 3 is 2.00 bits per heavy atom. The first-order valence-electron chi connectivity index (χ1n) is 14.8. The molecule has 0 bridgehead atoms. The molecule has 0 spiro atoms. The molecule has 0 aliphatic carbocycles. The Morgan fingerprint density at radius 1 is 0.455 bits per heavy atom. The van der Waals surface area contributed by atoms with Crippen LogP contribution in [0.1, 0.15) is 0 Å². The summed E-state index contributed by atoms with van der Waals surface area (Å²) in [6.45, 7) is 0. The van der Waals surface area contributed by atoms with E-state index in [1.165, 1.54) is 42.0 Å². The highest BCUT2D eigenvalue weighted by atomic mass is 32.1. The second-order valence-corrected chi connectivity index (χ2v) is 12.1. The number of aromatic nitrogens is 3. The van der Waals surface area contributed by atoms with E-state index in [-0.39, 0.29) is 0 Å². The highest BCUT2D eigenvalue weighted by molar-refractivity contribution is 7.26. The zero-order valence-corrected chi connectivity index (χ0v) is 24.5. The molecule has 0 aliphatic heterocycles. The molecule has 6 aromatic carbocycles.